The summed E-state index contributed by atoms with van der Waals surface area (Å²) in [5.41, 5.74) is 3.64. The molecule has 4 rings (SSSR count). The molecular weight excluding hydrogens is 418 g/mol. The fraction of sp³-hybridized carbons (Fsp3) is 0.154. The van der Waals surface area contributed by atoms with Crippen molar-refractivity contribution in [1.29, 1.82) is 0 Å². The predicted octanol–water partition coefficient (Wildman–Crippen LogP) is 3.83. The number of nitrogens with zero attached hydrogens (tertiary/aromatic N) is 1. The van der Waals surface area contributed by atoms with Crippen LogP contribution in [0.5, 0.6) is 0 Å². The van der Waals surface area contributed by atoms with Crippen molar-refractivity contribution in [2.45, 2.75) is 26.3 Å². The molecule has 0 aliphatic carbocycles. The first kappa shape index (κ1) is 22.0. The normalized spacial score (nSPS) is 13.2. The quantitative estimate of drug-likeness (QED) is 0.569. The van der Waals surface area contributed by atoms with E-state index in [1.165, 1.54) is 0 Å². The van der Waals surface area contributed by atoms with Crippen molar-refractivity contribution in [3.63, 3.8) is 0 Å². The van der Waals surface area contributed by atoms with Crippen LogP contribution in [0.3, 0.4) is 0 Å². The summed E-state index contributed by atoms with van der Waals surface area (Å²) in [5, 5.41) is 5.65. The van der Waals surface area contributed by atoms with Gasteiger partial charge in [0.05, 0.1) is 16.9 Å². The molecule has 0 radical (unpaired) electrons. The molecule has 1 aliphatic rings. The van der Waals surface area contributed by atoms with Crippen LogP contribution in [0.2, 0.25) is 0 Å². The van der Waals surface area contributed by atoms with Gasteiger partial charge in [-0.1, -0.05) is 42.0 Å². The first-order valence-electron chi connectivity index (χ1n) is 10.6. The summed E-state index contributed by atoms with van der Waals surface area (Å²) < 4.78 is 0. The minimum absolute atomic E-state index is 0.198. The van der Waals surface area contributed by atoms with Crippen molar-refractivity contribution in [3.05, 3.63) is 95.1 Å². The number of benzene rings is 3. The Morgan fingerprint density at radius 3 is 2.12 bits per heavy atom. The van der Waals surface area contributed by atoms with Crippen LogP contribution in [0.25, 0.3) is 0 Å². The molecule has 0 saturated carbocycles. The molecule has 4 amide bonds. The molecule has 7 nitrogen and oxygen atoms in total. The van der Waals surface area contributed by atoms with Gasteiger partial charge < -0.3 is 10.6 Å². The molecule has 7 heteroatoms. The zero-order valence-corrected chi connectivity index (χ0v) is 18.1. The van der Waals surface area contributed by atoms with Gasteiger partial charge in [-0.2, -0.15) is 0 Å². The Morgan fingerprint density at radius 1 is 0.818 bits per heavy atom. The number of imide groups is 1. The van der Waals surface area contributed by atoms with Gasteiger partial charge in [0, 0.05) is 24.9 Å². The summed E-state index contributed by atoms with van der Waals surface area (Å²) in [6, 6.07) is 20.9. The Labute approximate surface area is 191 Å². The monoisotopic (exact) mass is 441 g/mol. The van der Waals surface area contributed by atoms with Crippen LogP contribution < -0.4 is 15.5 Å². The standard InChI is InChI=1S/C26H23N3O4/c1-17-6-8-18(9-7-17)16-27-26(33)21-4-2-3-5-22(21)28-25(32)19-10-12-20(13-11-19)29-23(30)14-15-24(29)31/h2-13H,14-16H2,1H3,(H,27,33)(H,28,32). The van der Waals surface area contributed by atoms with E-state index in [9.17, 15) is 19.2 Å². The third-order valence-electron chi connectivity index (χ3n) is 5.43. The summed E-state index contributed by atoms with van der Waals surface area (Å²) in [4.78, 5) is 50.4. The maximum absolute atomic E-state index is 12.8. The van der Waals surface area contributed by atoms with Gasteiger partial charge in [-0.25, -0.2) is 0 Å². The molecule has 1 fully saturated rings. The number of amides is 4. The van der Waals surface area contributed by atoms with Gasteiger partial charge in [0.25, 0.3) is 11.8 Å². The molecular formula is C26H23N3O4. The number of hydrogen-bond donors (Lipinski definition) is 2. The van der Waals surface area contributed by atoms with Crippen molar-refractivity contribution in [2.75, 3.05) is 10.2 Å². The van der Waals surface area contributed by atoms with Gasteiger partial charge in [-0.15, -0.1) is 0 Å². The van der Waals surface area contributed by atoms with Crippen molar-refractivity contribution in [2.24, 2.45) is 0 Å². The highest BCUT2D eigenvalue weighted by Gasteiger charge is 2.30. The number of aryl methyl sites for hydroxylation is 1. The molecule has 1 aliphatic heterocycles. The number of hydrogen-bond acceptors (Lipinski definition) is 4. The van der Waals surface area contributed by atoms with Crippen molar-refractivity contribution in [1.82, 2.24) is 5.32 Å². The smallest absolute Gasteiger partial charge is 0.255 e. The van der Waals surface area contributed by atoms with Crippen LogP contribution in [-0.4, -0.2) is 23.6 Å². The lowest BCUT2D eigenvalue weighted by molar-refractivity contribution is -0.121. The molecule has 0 atom stereocenters. The highest BCUT2D eigenvalue weighted by molar-refractivity contribution is 6.20. The second-order valence-electron chi connectivity index (χ2n) is 7.84. The lowest BCUT2D eigenvalue weighted by atomic mass is 10.1. The average Bonchev–Trinajstić information content (AvgIpc) is 3.16. The van der Waals surface area contributed by atoms with Crippen LogP contribution in [0, 0.1) is 6.92 Å². The zero-order chi connectivity index (χ0) is 23.4. The average molecular weight is 441 g/mol. The third-order valence-corrected chi connectivity index (χ3v) is 5.43. The topological polar surface area (TPSA) is 95.6 Å². The van der Waals surface area contributed by atoms with Gasteiger partial charge in [0.15, 0.2) is 0 Å². The Bertz CT molecular complexity index is 1200. The number of nitrogens with one attached hydrogen (secondary N) is 2. The van der Waals surface area contributed by atoms with E-state index in [0.717, 1.165) is 16.0 Å². The zero-order valence-electron chi connectivity index (χ0n) is 18.1. The lowest BCUT2D eigenvalue weighted by Gasteiger charge is -2.15. The maximum atomic E-state index is 12.8. The Balaban J connectivity index is 1.44. The van der Waals surface area contributed by atoms with Crippen LogP contribution in [0.4, 0.5) is 11.4 Å². The Morgan fingerprint density at radius 2 is 1.45 bits per heavy atom. The molecule has 2 N–H and O–H groups in total. The highest BCUT2D eigenvalue weighted by Crippen LogP contribution is 2.23. The summed E-state index contributed by atoms with van der Waals surface area (Å²) >= 11 is 0. The molecule has 3 aromatic carbocycles. The third kappa shape index (κ3) is 4.98. The fourth-order valence-electron chi connectivity index (χ4n) is 3.59. The molecule has 0 unspecified atom stereocenters. The number of anilines is 2. The van der Waals surface area contributed by atoms with Gasteiger partial charge in [-0.3, -0.25) is 24.1 Å². The largest absolute Gasteiger partial charge is 0.348 e. The number of rotatable bonds is 6. The second-order valence-corrected chi connectivity index (χ2v) is 7.84. The summed E-state index contributed by atoms with van der Waals surface area (Å²) in [5.74, 6) is -1.20. The molecule has 0 spiro atoms. The number of carbonyl (C=O) groups excluding carboxylic acids is 4. The Kier molecular flexibility index (Phi) is 6.31. The first-order valence-corrected chi connectivity index (χ1v) is 10.6. The number of carbonyl (C=O) groups is 4. The first-order chi connectivity index (χ1) is 15.9. The molecule has 0 aromatic heterocycles. The summed E-state index contributed by atoms with van der Waals surface area (Å²) in [6.45, 7) is 2.37. The number of para-hydroxylation sites is 1. The molecule has 166 valence electrons. The van der Waals surface area contributed by atoms with Gasteiger partial charge in [-0.05, 0) is 48.9 Å². The van der Waals surface area contributed by atoms with E-state index in [1.807, 2.05) is 31.2 Å². The summed E-state index contributed by atoms with van der Waals surface area (Å²) in [6.07, 6.45) is 0.396. The van der Waals surface area contributed by atoms with Crippen LogP contribution in [0.1, 0.15) is 44.7 Å². The van der Waals surface area contributed by atoms with E-state index < -0.39 is 5.91 Å². The van der Waals surface area contributed by atoms with E-state index in [-0.39, 0.29) is 30.6 Å². The van der Waals surface area contributed by atoms with E-state index in [1.54, 1.807) is 48.5 Å². The molecule has 1 heterocycles. The lowest BCUT2D eigenvalue weighted by Crippen LogP contribution is -2.28. The predicted molar refractivity (Wildman–Crippen MR) is 125 cm³/mol. The summed E-state index contributed by atoms with van der Waals surface area (Å²) in [7, 11) is 0. The van der Waals surface area contributed by atoms with Crippen LogP contribution in [0.15, 0.2) is 72.8 Å². The van der Waals surface area contributed by atoms with E-state index >= 15 is 0 Å². The minimum Gasteiger partial charge on any atom is -0.348 e. The van der Waals surface area contributed by atoms with Gasteiger partial charge in [0.2, 0.25) is 11.8 Å². The van der Waals surface area contributed by atoms with E-state index in [0.29, 0.717) is 29.0 Å². The van der Waals surface area contributed by atoms with Crippen molar-refractivity contribution in [3.8, 4) is 0 Å². The molecule has 0 bridgehead atoms. The van der Waals surface area contributed by atoms with Crippen LogP contribution >= 0.6 is 0 Å². The van der Waals surface area contributed by atoms with Crippen LogP contribution in [-0.2, 0) is 16.1 Å². The van der Waals surface area contributed by atoms with Gasteiger partial charge >= 0.3 is 0 Å². The fourth-order valence-corrected chi connectivity index (χ4v) is 3.59. The highest BCUT2D eigenvalue weighted by atomic mass is 16.2. The maximum Gasteiger partial charge on any atom is 0.255 e. The van der Waals surface area contributed by atoms with Crippen molar-refractivity contribution < 1.29 is 19.2 Å². The molecule has 3 aromatic rings. The van der Waals surface area contributed by atoms with E-state index in [2.05, 4.69) is 10.6 Å². The minimum atomic E-state index is -0.403. The molecule has 33 heavy (non-hydrogen) atoms. The Hall–Kier alpha value is -4.26. The van der Waals surface area contributed by atoms with E-state index in [4.69, 9.17) is 0 Å². The SMILES string of the molecule is Cc1ccc(CNC(=O)c2ccccc2NC(=O)c2ccc(N3C(=O)CCC3=O)cc2)cc1. The second kappa shape index (κ2) is 9.48. The van der Waals surface area contributed by atoms with Gasteiger partial charge in [0.1, 0.15) is 0 Å². The van der Waals surface area contributed by atoms with Crippen molar-refractivity contribution >= 4 is 35.0 Å². The molecule has 1 saturated heterocycles.